The summed E-state index contributed by atoms with van der Waals surface area (Å²) in [5.74, 6) is 0.594. The Balaban J connectivity index is 0.00000180. The summed E-state index contributed by atoms with van der Waals surface area (Å²) < 4.78 is 36.2. The van der Waals surface area contributed by atoms with E-state index in [9.17, 15) is 8.42 Å². The molecule has 7 heteroatoms. The van der Waals surface area contributed by atoms with Gasteiger partial charge in [-0.1, -0.05) is 12.1 Å². The molecule has 0 aliphatic rings. The van der Waals surface area contributed by atoms with Crippen molar-refractivity contribution < 1.29 is 22.8 Å². The van der Waals surface area contributed by atoms with Gasteiger partial charge in [0.15, 0.2) is 0 Å². The van der Waals surface area contributed by atoms with Crippen molar-refractivity contribution in [2.75, 3.05) is 13.2 Å². The third kappa shape index (κ3) is 4.17. The zero-order valence-electron chi connectivity index (χ0n) is 9.41. The number of benzene rings is 2. The van der Waals surface area contributed by atoms with Crippen molar-refractivity contribution in [1.29, 1.82) is 0 Å². The molecule has 0 saturated heterocycles. The standard InChI is InChI=1S/C12H12O5S.Na.H/c13-5-6-17-11-3-1-10-8-12(18(14,15)16)4-2-9(10)7-11;;/h1-4,7-8,13H,5-6H2,(H,14,15,16);;. The molecule has 0 atom stereocenters. The van der Waals surface area contributed by atoms with Crippen LogP contribution in [0.25, 0.3) is 10.8 Å². The second kappa shape index (κ2) is 6.69. The minimum absolute atomic E-state index is 0. The molecular formula is C12H13NaO5S. The van der Waals surface area contributed by atoms with Gasteiger partial charge in [-0.2, -0.15) is 8.42 Å². The van der Waals surface area contributed by atoms with Crippen molar-refractivity contribution in [2.45, 2.75) is 4.90 Å². The van der Waals surface area contributed by atoms with E-state index in [2.05, 4.69) is 0 Å². The monoisotopic (exact) mass is 292 g/mol. The first kappa shape index (κ1) is 16.4. The molecule has 0 bridgehead atoms. The van der Waals surface area contributed by atoms with Crippen molar-refractivity contribution >= 4 is 50.4 Å². The van der Waals surface area contributed by atoms with E-state index in [1.807, 2.05) is 0 Å². The van der Waals surface area contributed by atoms with Crippen LogP contribution in [0.4, 0.5) is 0 Å². The Morgan fingerprint density at radius 2 is 1.68 bits per heavy atom. The molecule has 2 aromatic carbocycles. The number of aliphatic hydroxyl groups excluding tert-OH is 1. The van der Waals surface area contributed by atoms with E-state index in [1.165, 1.54) is 12.1 Å². The molecule has 0 heterocycles. The minimum atomic E-state index is -4.18. The zero-order valence-corrected chi connectivity index (χ0v) is 10.2. The molecule has 2 aromatic rings. The summed E-state index contributed by atoms with van der Waals surface area (Å²) in [4.78, 5) is -0.140. The van der Waals surface area contributed by atoms with Crippen molar-refractivity contribution in [2.24, 2.45) is 0 Å². The summed E-state index contributed by atoms with van der Waals surface area (Å²) in [6.45, 7) is 0.133. The molecule has 0 aliphatic heterocycles. The third-order valence-corrected chi connectivity index (χ3v) is 3.29. The summed E-state index contributed by atoms with van der Waals surface area (Å²) in [7, 11) is -4.18. The molecule has 19 heavy (non-hydrogen) atoms. The fourth-order valence-electron chi connectivity index (χ4n) is 1.62. The molecule has 2 N–H and O–H groups in total. The van der Waals surface area contributed by atoms with Gasteiger partial charge in [0.2, 0.25) is 0 Å². The normalized spacial score (nSPS) is 11.1. The first-order valence-corrected chi connectivity index (χ1v) is 6.70. The molecule has 0 fully saturated rings. The van der Waals surface area contributed by atoms with Crippen LogP contribution in [0, 0.1) is 0 Å². The van der Waals surface area contributed by atoms with Gasteiger partial charge >= 0.3 is 29.6 Å². The van der Waals surface area contributed by atoms with Crippen LogP contribution in [0.1, 0.15) is 0 Å². The van der Waals surface area contributed by atoms with Crippen LogP contribution in [0.5, 0.6) is 5.75 Å². The molecule has 98 valence electrons. The molecule has 2 rings (SSSR count). The van der Waals surface area contributed by atoms with E-state index < -0.39 is 10.1 Å². The van der Waals surface area contributed by atoms with Gasteiger partial charge in [-0.15, -0.1) is 0 Å². The topological polar surface area (TPSA) is 83.8 Å². The van der Waals surface area contributed by atoms with Gasteiger partial charge in [0.05, 0.1) is 11.5 Å². The zero-order chi connectivity index (χ0) is 13.2. The van der Waals surface area contributed by atoms with Crippen LogP contribution in [0.2, 0.25) is 0 Å². The second-order valence-corrected chi connectivity index (χ2v) is 5.14. The Bertz CT molecular complexity index is 669. The first-order chi connectivity index (χ1) is 8.50. The Labute approximate surface area is 133 Å². The fraction of sp³-hybridized carbons (Fsp3) is 0.167. The second-order valence-electron chi connectivity index (χ2n) is 3.72. The molecule has 0 amide bonds. The molecule has 0 unspecified atom stereocenters. The predicted octanol–water partition coefficient (Wildman–Crippen LogP) is 0.809. The van der Waals surface area contributed by atoms with Gasteiger partial charge < -0.3 is 9.84 Å². The van der Waals surface area contributed by atoms with Crippen LogP contribution in [0.3, 0.4) is 0 Å². The van der Waals surface area contributed by atoms with Crippen molar-refractivity contribution in [3.05, 3.63) is 36.4 Å². The van der Waals surface area contributed by atoms with E-state index in [0.717, 1.165) is 5.39 Å². The molecule has 0 radical (unpaired) electrons. The quantitative estimate of drug-likeness (QED) is 0.643. The summed E-state index contributed by atoms with van der Waals surface area (Å²) in [5.41, 5.74) is 0. The van der Waals surface area contributed by atoms with Gasteiger partial charge in [-0.3, -0.25) is 4.55 Å². The van der Waals surface area contributed by atoms with Crippen LogP contribution in [0.15, 0.2) is 41.3 Å². The summed E-state index contributed by atoms with van der Waals surface area (Å²) in [6.07, 6.45) is 0. The number of ether oxygens (including phenoxy) is 1. The van der Waals surface area contributed by atoms with Gasteiger partial charge in [-0.25, -0.2) is 0 Å². The van der Waals surface area contributed by atoms with E-state index in [0.29, 0.717) is 11.1 Å². The van der Waals surface area contributed by atoms with Gasteiger partial charge in [-0.05, 0) is 35.0 Å². The average molecular weight is 292 g/mol. The summed E-state index contributed by atoms with van der Waals surface area (Å²) >= 11 is 0. The first-order valence-electron chi connectivity index (χ1n) is 5.26. The SMILES string of the molecule is O=S(=O)(O)c1ccc2cc(OCCO)ccc2c1.[NaH]. The Morgan fingerprint density at radius 1 is 1.05 bits per heavy atom. The van der Waals surface area contributed by atoms with Crippen LogP contribution >= 0.6 is 0 Å². The van der Waals surface area contributed by atoms with E-state index in [4.69, 9.17) is 14.4 Å². The van der Waals surface area contributed by atoms with Crippen molar-refractivity contribution in [1.82, 2.24) is 0 Å². The third-order valence-electron chi connectivity index (χ3n) is 2.44. The maximum absolute atomic E-state index is 11.0. The Kier molecular flexibility index (Phi) is 5.79. The van der Waals surface area contributed by atoms with Gasteiger partial charge in [0.1, 0.15) is 12.4 Å². The molecule has 5 nitrogen and oxygen atoms in total. The predicted molar refractivity (Wildman–Crippen MR) is 73.5 cm³/mol. The Hall–Kier alpha value is -0.630. The van der Waals surface area contributed by atoms with Crippen LogP contribution in [-0.2, 0) is 10.1 Å². The van der Waals surface area contributed by atoms with Crippen LogP contribution in [-0.4, -0.2) is 60.8 Å². The Morgan fingerprint density at radius 3 is 2.32 bits per heavy atom. The summed E-state index contributed by atoms with van der Waals surface area (Å²) in [6, 6.07) is 9.40. The van der Waals surface area contributed by atoms with Crippen molar-refractivity contribution in [3.63, 3.8) is 0 Å². The van der Waals surface area contributed by atoms with Crippen molar-refractivity contribution in [3.8, 4) is 5.75 Å². The molecule has 0 aromatic heterocycles. The van der Waals surface area contributed by atoms with E-state index in [-0.39, 0.29) is 47.7 Å². The number of aliphatic hydroxyl groups is 1. The number of hydrogen-bond acceptors (Lipinski definition) is 4. The maximum atomic E-state index is 11.0. The average Bonchev–Trinajstić information content (AvgIpc) is 2.34. The fourth-order valence-corrected chi connectivity index (χ4v) is 2.13. The number of rotatable bonds is 4. The van der Waals surface area contributed by atoms with E-state index >= 15 is 0 Å². The number of hydrogen-bond donors (Lipinski definition) is 2. The van der Waals surface area contributed by atoms with Gasteiger partial charge in [0.25, 0.3) is 10.1 Å². The molecule has 0 saturated carbocycles. The van der Waals surface area contributed by atoms with E-state index in [1.54, 1.807) is 24.3 Å². The summed E-state index contributed by atoms with van der Waals surface area (Å²) in [5, 5.41) is 10.1. The molecular weight excluding hydrogens is 279 g/mol. The van der Waals surface area contributed by atoms with Gasteiger partial charge in [0, 0.05) is 0 Å². The number of fused-ring (bicyclic) bond motifs is 1. The van der Waals surface area contributed by atoms with Crippen LogP contribution < -0.4 is 4.74 Å². The molecule has 0 aliphatic carbocycles. The molecule has 0 spiro atoms.